The summed E-state index contributed by atoms with van der Waals surface area (Å²) in [5.74, 6) is -1.17. The number of ketones is 1. The molecule has 0 aromatic rings. The number of rotatable bonds is 0. The lowest BCUT2D eigenvalue weighted by molar-refractivity contribution is -0.133. The summed E-state index contributed by atoms with van der Waals surface area (Å²) in [5, 5.41) is 3.37. The van der Waals surface area contributed by atoms with Crippen molar-refractivity contribution in [1.82, 2.24) is 5.43 Å². The van der Waals surface area contributed by atoms with E-state index in [0.29, 0.717) is 0 Å². The average Bonchev–Trinajstić information content (AvgIpc) is 1.98. The highest BCUT2D eigenvalue weighted by atomic mass is 16.2. The van der Waals surface area contributed by atoms with Gasteiger partial charge in [-0.05, 0) is 6.92 Å². The Morgan fingerprint density at radius 3 is 2.25 bits per heavy atom. The van der Waals surface area contributed by atoms with E-state index < -0.39 is 11.7 Å². The number of nitrogens with zero attached hydrogens (tertiary/aromatic N) is 1. The number of hydrogen-bond donors (Lipinski definition) is 1. The molecule has 0 fully saturated rings. The number of hydrogen-bond acceptors (Lipinski definition) is 3. The first-order valence-corrected chi connectivity index (χ1v) is 2.11. The Kier molecular flexibility index (Phi) is 0.865. The van der Waals surface area contributed by atoms with E-state index in [-0.39, 0.29) is 5.71 Å². The van der Waals surface area contributed by atoms with Gasteiger partial charge in [0.1, 0.15) is 5.71 Å². The molecule has 0 bridgehead atoms. The van der Waals surface area contributed by atoms with Gasteiger partial charge in [-0.15, -0.1) is 0 Å². The van der Waals surface area contributed by atoms with Crippen molar-refractivity contribution in [2.45, 2.75) is 6.92 Å². The van der Waals surface area contributed by atoms with Crippen molar-refractivity contribution >= 4 is 17.4 Å². The van der Waals surface area contributed by atoms with E-state index >= 15 is 0 Å². The number of carbonyl (C=O) groups excluding carboxylic acids is 2. The number of Topliss-reactive ketones (excluding diaryl/α,β-unsaturated/α-hetero) is 1. The molecule has 4 nitrogen and oxygen atoms in total. The normalized spacial score (nSPS) is 18.4. The molecule has 1 rings (SSSR count). The summed E-state index contributed by atoms with van der Waals surface area (Å²) < 4.78 is 0. The fourth-order valence-corrected chi connectivity index (χ4v) is 0.400. The van der Waals surface area contributed by atoms with Crippen LogP contribution >= 0.6 is 0 Å². The quantitative estimate of drug-likeness (QED) is 0.411. The molecule has 1 aliphatic rings. The predicted molar refractivity (Wildman–Crippen MR) is 26.3 cm³/mol. The Morgan fingerprint density at radius 1 is 1.50 bits per heavy atom. The molecular weight excluding hydrogens is 108 g/mol. The SMILES string of the molecule is CC1=NNC(=O)C1=O. The van der Waals surface area contributed by atoms with Crippen molar-refractivity contribution in [2.75, 3.05) is 0 Å². The second-order valence-corrected chi connectivity index (χ2v) is 1.47. The van der Waals surface area contributed by atoms with Gasteiger partial charge in [0, 0.05) is 0 Å². The standard InChI is InChI=1S/C4H4N2O2/c1-2-3(7)4(8)6-5-2/h1H3,(H,6,7,8). The van der Waals surface area contributed by atoms with Crippen LogP contribution in [0.1, 0.15) is 6.92 Å². The molecule has 0 atom stereocenters. The van der Waals surface area contributed by atoms with Gasteiger partial charge in [-0.25, -0.2) is 5.43 Å². The zero-order chi connectivity index (χ0) is 6.15. The van der Waals surface area contributed by atoms with E-state index in [4.69, 9.17) is 0 Å². The van der Waals surface area contributed by atoms with Crippen LogP contribution < -0.4 is 5.43 Å². The number of nitrogens with one attached hydrogen (secondary N) is 1. The number of hydrazone groups is 1. The minimum Gasteiger partial charge on any atom is -0.282 e. The maximum absolute atomic E-state index is 10.4. The van der Waals surface area contributed by atoms with Crippen molar-refractivity contribution in [3.05, 3.63) is 0 Å². The molecule has 0 aromatic heterocycles. The minimum absolute atomic E-state index is 0.231. The van der Waals surface area contributed by atoms with Crippen LogP contribution in [-0.2, 0) is 9.59 Å². The Morgan fingerprint density at radius 2 is 2.12 bits per heavy atom. The van der Waals surface area contributed by atoms with Gasteiger partial charge < -0.3 is 0 Å². The summed E-state index contributed by atoms with van der Waals surface area (Å²) in [7, 11) is 0. The van der Waals surface area contributed by atoms with Crippen LogP contribution in [0.4, 0.5) is 0 Å². The fraction of sp³-hybridized carbons (Fsp3) is 0.250. The molecule has 4 heteroatoms. The van der Waals surface area contributed by atoms with Gasteiger partial charge in [-0.1, -0.05) is 0 Å². The second kappa shape index (κ2) is 1.40. The van der Waals surface area contributed by atoms with Gasteiger partial charge in [-0.3, -0.25) is 9.59 Å². The molecular formula is C4H4N2O2. The summed E-state index contributed by atoms with van der Waals surface area (Å²) >= 11 is 0. The maximum atomic E-state index is 10.4. The zero-order valence-corrected chi connectivity index (χ0v) is 4.26. The smallest absolute Gasteiger partial charge is 0.282 e. The van der Waals surface area contributed by atoms with E-state index in [1.807, 2.05) is 5.43 Å². The second-order valence-electron chi connectivity index (χ2n) is 1.47. The van der Waals surface area contributed by atoms with Crippen molar-refractivity contribution in [1.29, 1.82) is 0 Å². The summed E-state index contributed by atoms with van der Waals surface area (Å²) in [6.45, 7) is 1.49. The van der Waals surface area contributed by atoms with Crippen molar-refractivity contribution in [3.63, 3.8) is 0 Å². The van der Waals surface area contributed by atoms with E-state index in [0.717, 1.165) is 0 Å². The number of carbonyl (C=O) groups is 2. The van der Waals surface area contributed by atoms with Crippen molar-refractivity contribution in [3.8, 4) is 0 Å². The first-order valence-electron chi connectivity index (χ1n) is 2.11. The molecule has 1 heterocycles. The Labute approximate surface area is 45.6 Å². The summed E-state index contributed by atoms with van der Waals surface area (Å²) in [6, 6.07) is 0. The highest BCUT2D eigenvalue weighted by Gasteiger charge is 2.21. The third-order valence-corrected chi connectivity index (χ3v) is 0.860. The lowest BCUT2D eigenvalue weighted by Gasteiger charge is -1.77. The molecule has 0 aliphatic carbocycles. The van der Waals surface area contributed by atoms with E-state index in [9.17, 15) is 9.59 Å². The van der Waals surface area contributed by atoms with Crippen LogP contribution in [0.2, 0.25) is 0 Å². The van der Waals surface area contributed by atoms with Gasteiger partial charge in [0.15, 0.2) is 0 Å². The molecule has 42 valence electrons. The molecule has 8 heavy (non-hydrogen) atoms. The summed E-state index contributed by atoms with van der Waals surface area (Å²) in [6.07, 6.45) is 0. The molecule has 0 saturated carbocycles. The van der Waals surface area contributed by atoms with Gasteiger partial charge >= 0.3 is 5.91 Å². The highest BCUT2D eigenvalue weighted by Crippen LogP contribution is 1.87. The Bertz CT molecular complexity index is 182. The summed E-state index contributed by atoms with van der Waals surface area (Å²) in [5.41, 5.74) is 2.25. The van der Waals surface area contributed by atoms with Crippen LogP contribution in [0.15, 0.2) is 5.10 Å². The van der Waals surface area contributed by atoms with Crippen LogP contribution in [0.25, 0.3) is 0 Å². The van der Waals surface area contributed by atoms with Crippen LogP contribution in [-0.4, -0.2) is 17.4 Å². The molecule has 0 spiro atoms. The maximum Gasteiger partial charge on any atom is 0.313 e. The highest BCUT2D eigenvalue weighted by molar-refractivity contribution is 6.66. The zero-order valence-electron chi connectivity index (χ0n) is 4.26. The third kappa shape index (κ3) is 0.501. The molecule has 1 amide bonds. The van der Waals surface area contributed by atoms with Crippen molar-refractivity contribution < 1.29 is 9.59 Å². The lowest BCUT2D eigenvalue weighted by atomic mass is 10.3. The molecule has 0 radical (unpaired) electrons. The molecule has 0 saturated heterocycles. The largest absolute Gasteiger partial charge is 0.313 e. The van der Waals surface area contributed by atoms with Crippen molar-refractivity contribution in [2.24, 2.45) is 5.10 Å². The fourth-order valence-electron chi connectivity index (χ4n) is 0.400. The predicted octanol–water partition coefficient (Wildman–Crippen LogP) is -0.939. The van der Waals surface area contributed by atoms with Crippen LogP contribution in [0, 0.1) is 0 Å². The molecule has 0 unspecified atom stereocenters. The van der Waals surface area contributed by atoms with Gasteiger partial charge in [0.25, 0.3) is 5.78 Å². The van der Waals surface area contributed by atoms with E-state index in [1.54, 1.807) is 0 Å². The summed E-state index contributed by atoms with van der Waals surface area (Å²) in [4.78, 5) is 20.6. The van der Waals surface area contributed by atoms with Crippen LogP contribution in [0.3, 0.4) is 0 Å². The molecule has 1 aliphatic heterocycles. The van der Waals surface area contributed by atoms with E-state index in [2.05, 4.69) is 5.10 Å². The van der Waals surface area contributed by atoms with Crippen LogP contribution in [0.5, 0.6) is 0 Å². The van der Waals surface area contributed by atoms with Gasteiger partial charge in [-0.2, -0.15) is 5.10 Å². The topological polar surface area (TPSA) is 58.5 Å². The van der Waals surface area contributed by atoms with Gasteiger partial charge in [0.2, 0.25) is 0 Å². The molecule has 0 aromatic carbocycles. The third-order valence-electron chi connectivity index (χ3n) is 0.860. The Hall–Kier alpha value is -1.19. The van der Waals surface area contributed by atoms with E-state index in [1.165, 1.54) is 6.92 Å². The minimum atomic E-state index is -0.637. The number of amides is 1. The average molecular weight is 112 g/mol. The first kappa shape index (κ1) is 4.96. The molecule has 1 N–H and O–H groups in total. The van der Waals surface area contributed by atoms with Gasteiger partial charge in [0.05, 0.1) is 0 Å². The Balaban J connectivity index is 2.89. The monoisotopic (exact) mass is 112 g/mol. The first-order chi connectivity index (χ1) is 3.72. The lowest BCUT2D eigenvalue weighted by Crippen LogP contribution is -2.21.